The molecule has 4 rings (SSSR count). The van der Waals surface area contributed by atoms with Crippen LogP contribution >= 0.6 is 11.6 Å². The molecule has 1 aromatic heterocycles. The van der Waals surface area contributed by atoms with Gasteiger partial charge in [-0.3, -0.25) is 0 Å². The Morgan fingerprint density at radius 1 is 1.09 bits per heavy atom. The van der Waals surface area contributed by atoms with E-state index < -0.39 is 0 Å². The van der Waals surface area contributed by atoms with Gasteiger partial charge in [-0.2, -0.15) is 0 Å². The third-order valence-corrected chi connectivity index (χ3v) is 3.72. The SMILES string of the molecule is CC1=Nc2ccccc2N2[N]N(c3ccc(Cl)nc3)C(O)=C12.O. The Kier molecular flexibility index (Phi) is 3.69. The van der Waals surface area contributed by atoms with Crippen LogP contribution in [0.5, 0.6) is 0 Å². The van der Waals surface area contributed by atoms with Crippen molar-refractivity contribution in [3.63, 3.8) is 0 Å². The fourth-order valence-electron chi connectivity index (χ4n) is 2.49. The number of benzene rings is 1. The summed E-state index contributed by atoms with van der Waals surface area (Å²) in [7, 11) is 0. The van der Waals surface area contributed by atoms with Crippen molar-refractivity contribution in [1.29, 1.82) is 0 Å². The minimum absolute atomic E-state index is 0. The van der Waals surface area contributed by atoms with Crippen molar-refractivity contribution < 1.29 is 10.6 Å². The van der Waals surface area contributed by atoms with Crippen LogP contribution in [0, 0.1) is 0 Å². The first-order valence-corrected chi connectivity index (χ1v) is 7.04. The van der Waals surface area contributed by atoms with Crippen molar-refractivity contribution in [2.45, 2.75) is 6.92 Å². The van der Waals surface area contributed by atoms with Gasteiger partial charge >= 0.3 is 0 Å². The lowest BCUT2D eigenvalue weighted by Crippen LogP contribution is -2.36. The summed E-state index contributed by atoms with van der Waals surface area (Å²) in [5, 5.41) is 14.0. The molecule has 0 amide bonds. The van der Waals surface area contributed by atoms with Crippen LogP contribution in [-0.2, 0) is 0 Å². The number of fused-ring (bicyclic) bond motifs is 3. The van der Waals surface area contributed by atoms with E-state index in [0.717, 1.165) is 11.4 Å². The standard InChI is InChI=1S/C15H11ClN5O.H2O/c1-9-14-15(22)20(10-6-7-13(16)17-8-10)19-21(14)12-5-3-2-4-11(12)18-9;/h2-8,22H,1H3;1H2. The first-order chi connectivity index (χ1) is 10.6. The lowest BCUT2D eigenvalue weighted by molar-refractivity contribution is 0.387. The minimum atomic E-state index is 0. The largest absolute Gasteiger partial charge is 0.492 e. The molecule has 0 atom stereocenters. The quantitative estimate of drug-likeness (QED) is 0.812. The molecule has 0 saturated carbocycles. The van der Waals surface area contributed by atoms with Crippen molar-refractivity contribution in [1.82, 2.24) is 10.5 Å². The first-order valence-electron chi connectivity index (χ1n) is 6.66. The third-order valence-electron chi connectivity index (χ3n) is 3.50. The van der Waals surface area contributed by atoms with Gasteiger partial charge in [0, 0.05) is 0 Å². The van der Waals surface area contributed by atoms with Gasteiger partial charge in [0.1, 0.15) is 10.9 Å². The number of aliphatic imine (C=N–C) groups is 1. The molecule has 3 N–H and O–H groups in total. The molecule has 2 aromatic rings. The van der Waals surface area contributed by atoms with Gasteiger partial charge in [0.05, 0.1) is 29.0 Å². The van der Waals surface area contributed by atoms with Gasteiger partial charge in [-0.15, -0.1) is 0 Å². The second kappa shape index (κ2) is 5.54. The molecule has 7 nitrogen and oxygen atoms in total. The molecule has 2 aliphatic heterocycles. The molecule has 0 aliphatic carbocycles. The molecule has 2 aliphatic rings. The average Bonchev–Trinajstić information content (AvgIpc) is 2.87. The predicted octanol–water partition coefficient (Wildman–Crippen LogP) is 2.50. The zero-order valence-electron chi connectivity index (χ0n) is 12.1. The molecule has 117 valence electrons. The Labute approximate surface area is 137 Å². The summed E-state index contributed by atoms with van der Waals surface area (Å²) in [6, 6.07) is 11.0. The molecule has 3 heterocycles. The van der Waals surface area contributed by atoms with Gasteiger partial charge in [0.15, 0.2) is 0 Å². The highest BCUT2D eigenvalue weighted by Crippen LogP contribution is 2.40. The number of para-hydroxylation sites is 2. The van der Waals surface area contributed by atoms with Gasteiger partial charge in [0.25, 0.3) is 0 Å². The van der Waals surface area contributed by atoms with E-state index in [1.165, 1.54) is 5.01 Å². The Bertz CT molecular complexity index is 819. The van der Waals surface area contributed by atoms with E-state index >= 15 is 0 Å². The van der Waals surface area contributed by atoms with Crippen molar-refractivity contribution in [2.24, 2.45) is 4.99 Å². The van der Waals surface area contributed by atoms with Gasteiger partial charge in [0.2, 0.25) is 5.88 Å². The summed E-state index contributed by atoms with van der Waals surface area (Å²) < 4.78 is 0. The van der Waals surface area contributed by atoms with E-state index in [1.807, 2.05) is 31.2 Å². The molecule has 23 heavy (non-hydrogen) atoms. The maximum Gasteiger partial charge on any atom is 0.237 e. The highest BCUT2D eigenvalue weighted by Gasteiger charge is 2.37. The van der Waals surface area contributed by atoms with Crippen molar-refractivity contribution >= 4 is 34.4 Å². The molecular weight excluding hydrogens is 318 g/mol. The highest BCUT2D eigenvalue weighted by molar-refractivity contribution is 6.29. The van der Waals surface area contributed by atoms with E-state index in [2.05, 4.69) is 15.5 Å². The summed E-state index contributed by atoms with van der Waals surface area (Å²) in [5.41, 5.74) is 7.98. The van der Waals surface area contributed by atoms with Crippen molar-refractivity contribution in [3.05, 3.63) is 59.3 Å². The highest BCUT2D eigenvalue weighted by atomic mass is 35.5. The minimum Gasteiger partial charge on any atom is -0.492 e. The number of aliphatic hydroxyl groups excluding tert-OH is 1. The summed E-state index contributed by atoms with van der Waals surface area (Å²) in [6.07, 6.45) is 1.56. The summed E-state index contributed by atoms with van der Waals surface area (Å²) in [5.74, 6) is 0.0138. The molecule has 0 spiro atoms. The summed E-state index contributed by atoms with van der Waals surface area (Å²) in [4.78, 5) is 8.53. The monoisotopic (exact) mass is 330 g/mol. The van der Waals surface area contributed by atoms with E-state index in [9.17, 15) is 5.11 Å². The normalized spacial score (nSPS) is 15.8. The molecule has 1 radical (unpaired) electrons. The maximum atomic E-state index is 10.5. The molecular formula is C15H13ClN5O2. The number of allylic oxidation sites excluding steroid dienone is 1. The van der Waals surface area contributed by atoms with Gasteiger partial charge in [-0.25, -0.2) is 20.0 Å². The number of hydrogen-bond donors (Lipinski definition) is 1. The Morgan fingerprint density at radius 3 is 2.61 bits per heavy atom. The van der Waals surface area contributed by atoms with E-state index in [-0.39, 0.29) is 11.4 Å². The Hall–Kier alpha value is -2.61. The van der Waals surface area contributed by atoms with Crippen LogP contribution in [0.15, 0.2) is 59.2 Å². The second-order valence-corrected chi connectivity index (χ2v) is 5.30. The van der Waals surface area contributed by atoms with Crippen LogP contribution in [-0.4, -0.2) is 21.3 Å². The predicted molar refractivity (Wildman–Crippen MR) is 88.8 cm³/mol. The Morgan fingerprint density at radius 2 is 1.87 bits per heavy atom. The number of aliphatic hydroxyl groups is 1. The molecule has 0 fully saturated rings. The lowest BCUT2D eigenvalue weighted by Gasteiger charge is -2.25. The molecule has 0 saturated heterocycles. The van der Waals surface area contributed by atoms with Crippen molar-refractivity contribution in [3.8, 4) is 0 Å². The smallest absolute Gasteiger partial charge is 0.237 e. The molecule has 1 aromatic carbocycles. The number of anilines is 2. The Balaban J connectivity index is 0.00000156. The fourth-order valence-corrected chi connectivity index (χ4v) is 2.61. The van der Waals surface area contributed by atoms with Crippen LogP contribution in [0.4, 0.5) is 17.1 Å². The first kappa shape index (κ1) is 15.3. The summed E-state index contributed by atoms with van der Waals surface area (Å²) in [6.45, 7) is 1.84. The van der Waals surface area contributed by atoms with Crippen LogP contribution < -0.4 is 15.6 Å². The van der Waals surface area contributed by atoms with E-state index in [0.29, 0.717) is 22.2 Å². The third kappa shape index (κ3) is 2.31. The number of rotatable bonds is 1. The number of pyridine rings is 1. The maximum absolute atomic E-state index is 10.5. The van der Waals surface area contributed by atoms with Crippen molar-refractivity contribution in [2.75, 3.05) is 10.0 Å². The number of hydrogen-bond acceptors (Lipinski definition) is 5. The van der Waals surface area contributed by atoms with Crippen LogP contribution in [0.1, 0.15) is 6.92 Å². The zero-order valence-corrected chi connectivity index (χ0v) is 12.9. The fraction of sp³-hybridized carbons (Fsp3) is 0.0667. The lowest BCUT2D eigenvalue weighted by atomic mass is 10.1. The average molecular weight is 331 g/mol. The van der Waals surface area contributed by atoms with Gasteiger partial charge in [-0.1, -0.05) is 23.7 Å². The van der Waals surface area contributed by atoms with E-state index in [4.69, 9.17) is 11.6 Å². The van der Waals surface area contributed by atoms with E-state index in [1.54, 1.807) is 23.3 Å². The van der Waals surface area contributed by atoms with Gasteiger partial charge in [-0.05, 0) is 36.7 Å². The number of aromatic nitrogens is 1. The van der Waals surface area contributed by atoms with Gasteiger partial charge < -0.3 is 10.6 Å². The number of halogens is 1. The topological polar surface area (TPSA) is 97.6 Å². The van der Waals surface area contributed by atoms with Crippen LogP contribution in [0.3, 0.4) is 0 Å². The molecule has 0 unspecified atom stereocenters. The number of nitrogens with zero attached hydrogens (tertiary/aromatic N) is 5. The van der Waals surface area contributed by atoms with Crippen LogP contribution in [0.2, 0.25) is 5.15 Å². The summed E-state index contributed by atoms with van der Waals surface area (Å²) >= 11 is 5.80. The van der Waals surface area contributed by atoms with Crippen LogP contribution in [0.25, 0.3) is 0 Å². The molecule has 8 heteroatoms. The molecule has 0 bridgehead atoms. The zero-order chi connectivity index (χ0) is 15.3. The second-order valence-electron chi connectivity index (χ2n) is 4.91.